The highest BCUT2D eigenvalue weighted by molar-refractivity contribution is 9.10. The molecule has 0 spiro atoms. The van der Waals surface area contributed by atoms with Crippen LogP contribution in [-0.2, 0) is 0 Å². The molecule has 1 fully saturated rings. The monoisotopic (exact) mass is 282 g/mol. The molecular formula is C13H19BrN2. The number of aromatic nitrogens is 1. The van der Waals surface area contributed by atoms with E-state index >= 15 is 0 Å². The van der Waals surface area contributed by atoms with E-state index in [0.717, 1.165) is 23.4 Å². The molecule has 88 valence electrons. The van der Waals surface area contributed by atoms with Crippen LogP contribution in [0.25, 0.3) is 0 Å². The molecule has 0 aliphatic carbocycles. The number of pyridine rings is 1. The summed E-state index contributed by atoms with van der Waals surface area (Å²) in [5, 5.41) is 0. The van der Waals surface area contributed by atoms with Gasteiger partial charge >= 0.3 is 0 Å². The highest BCUT2D eigenvalue weighted by Crippen LogP contribution is 2.34. The molecule has 0 unspecified atom stereocenters. The molecule has 1 saturated heterocycles. The number of hydrogen-bond acceptors (Lipinski definition) is 2. The second-order valence-electron chi connectivity index (χ2n) is 5.45. The fourth-order valence-corrected chi connectivity index (χ4v) is 2.84. The Kier molecular flexibility index (Phi) is 3.24. The Hall–Kier alpha value is -0.570. The molecule has 1 aromatic rings. The van der Waals surface area contributed by atoms with E-state index in [1.165, 1.54) is 18.4 Å². The molecule has 1 aliphatic rings. The molecule has 2 rings (SSSR count). The van der Waals surface area contributed by atoms with Crippen LogP contribution in [-0.4, -0.2) is 18.1 Å². The number of nitrogens with zero attached hydrogens (tertiary/aromatic N) is 2. The summed E-state index contributed by atoms with van der Waals surface area (Å²) in [7, 11) is 0. The summed E-state index contributed by atoms with van der Waals surface area (Å²) in [4.78, 5) is 6.91. The molecular weight excluding hydrogens is 264 g/mol. The van der Waals surface area contributed by atoms with Crippen molar-refractivity contribution in [1.29, 1.82) is 0 Å². The molecule has 16 heavy (non-hydrogen) atoms. The minimum Gasteiger partial charge on any atom is -0.355 e. The third-order valence-corrected chi connectivity index (χ3v) is 4.24. The van der Waals surface area contributed by atoms with Crippen LogP contribution in [0.3, 0.4) is 0 Å². The van der Waals surface area contributed by atoms with Crippen molar-refractivity contribution in [3.8, 4) is 0 Å². The minimum absolute atomic E-state index is 0.406. The van der Waals surface area contributed by atoms with Crippen molar-refractivity contribution in [2.24, 2.45) is 5.41 Å². The first-order valence-corrected chi connectivity index (χ1v) is 6.65. The van der Waals surface area contributed by atoms with Gasteiger partial charge in [-0.05, 0) is 52.7 Å². The predicted molar refractivity (Wildman–Crippen MR) is 71.9 cm³/mol. The lowest BCUT2D eigenvalue weighted by Gasteiger charge is -2.39. The summed E-state index contributed by atoms with van der Waals surface area (Å²) in [6, 6.07) is 2.04. The van der Waals surface area contributed by atoms with Gasteiger partial charge in [0, 0.05) is 19.3 Å². The Morgan fingerprint density at radius 1 is 1.44 bits per heavy atom. The van der Waals surface area contributed by atoms with Gasteiger partial charge in [0.2, 0.25) is 0 Å². The van der Waals surface area contributed by atoms with E-state index in [4.69, 9.17) is 0 Å². The first-order chi connectivity index (χ1) is 7.49. The standard InChI is InChI=1S/C13H19BrN2/c1-10-5-7-15-12(11(10)14)16-8-4-6-13(2,3)9-16/h5,7H,4,6,8-9H2,1-3H3. The van der Waals surface area contributed by atoms with Crippen LogP contribution in [0, 0.1) is 12.3 Å². The fraction of sp³-hybridized carbons (Fsp3) is 0.615. The summed E-state index contributed by atoms with van der Waals surface area (Å²) in [5.41, 5.74) is 1.66. The maximum absolute atomic E-state index is 4.51. The van der Waals surface area contributed by atoms with Crippen molar-refractivity contribution in [2.75, 3.05) is 18.0 Å². The molecule has 2 nitrogen and oxygen atoms in total. The van der Waals surface area contributed by atoms with E-state index in [1.807, 2.05) is 12.3 Å². The van der Waals surface area contributed by atoms with Crippen LogP contribution in [0.15, 0.2) is 16.7 Å². The van der Waals surface area contributed by atoms with Crippen LogP contribution in [0.2, 0.25) is 0 Å². The van der Waals surface area contributed by atoms with Crippen LogP contribution in [0.4, 0.5) is 5.82 Å². The Labute approximate surface area is 106 Å². The van der Waals surface area contributed by atoms with Crippen LogP contribution >= 0.6 is 15.9 Å². The van der Waals surface area contributed by atoms with E-state index < -0.39 is 0 Å². The zero-order chi connectivity index (χ0) is 11.8. The van der Waals surface area contributed by atoms with E-state index in [-0.39, 0.29) is 0 Å². The summed E-state index contributed by atoms with van der Waals surface area (Å²) in [6.07, 6.45) is 4.47. The molecule has 0 amide bonds. The van der Waals surface area contributed by atoms with Gasteiger partial charge in [0.15, 0.2) is 0 Å². The van der Waals surface area contributed by atoms with Gasteiger partial charge in [-0.3, -0.25) is 0 Å². The molecule has 0 saturated carbocycles. The lowest BCUT2D eigenvalue weighted by atomic mass is 9.84. The van der Waals surface area contributed by atoms with E-state index in [2.05, 4.69) is 46.6 Å². The van der Waals surface area contributed by atoms with E-state index in [0.29, 0.717) is 5.41 Å². The molecule has 3 heteroatoms. The minimum atomic E-state index is 0.406. The lowest BCUT2D eigenvalue weighted by molar-refractivity contribution is 0.292. The van der Waals surface area contributed by atoms with E-state index in [9.17, 15) is 0 Å². The van der Waals surface area contributed by atoms with Crippen LogP contribution < -0.4 is 4.90 Å². The third-order valence-electron chi connectivity index (χ3n) is 3.26. The van der Waals surface area contributed by atoms with Crippen LogP contribution in [0.5, 0.6) is 0 Å². The third kappa shape index (κ3) is 2.40. The smallest absolute Gasteiger partial charge is 0.143 e. The van der Waals surface area contributed by atoms with Gasteiger partial charge in [-0.25, -0.2) is 4.98 Å². The number of hydrogen-bond donors (Lipinski definition) is 0. The number of piperidine rings is 1. The molecule has 1 aromatic heterocycles. The summed E-state index contributed by atoms with van der Waals surface area (Å²) >= 11 is 3.65. The Bertz CT molecular complexity index is 388. The van der Waals surface area contributed by atoms with E-state index in [1.54, 1.807) is 0 Å². The van der Waals surface area contributed by atoms with Gasteiger partial charge in [-0.15, -0.1) is 0 Å². The number of anilines is 1. The fourth-order valence-electron chi connectivity index (χ4n) is 2.35. The second kappa shape index (κ2) is 4.36. The molecule has 1 aliphatic heterocycles. The average molecular weight is 283 g/mol. The predicted octanol–water partition coefficient (Wildman–Crippen LogP) is 3.78. The van der Waals surface area contributed by atoms with Gasteiger partial charge in [0.05, 0.1) is 4.47 Å². The SMILES string of the molecule is Cc1ccnc(N2CCCC(C)(C)C2)c1Br. The average Bonchev–Trinajstić information content (AvgIpc) is 2.20. The van der Waals surface area contributed by atoms with Gasteiger partial charge < -0.3 is 4.90 Å². The molecule has 0 bridgehead atoms. The maximum Gasteiger partial charge on any atom is 0.143 e. The van der Waals surface area contributed by atoms with Crippen LogP contribution in [0.1, 0.15) is 32.3 Å². The highest BCUT2D eigenvalue weighted by Gasteiger charge is 2.28. The van der Waals surface area contributed by atoms with Crippen molar-refractivity contribution in [2.45, 2.75) is 33.6 Å². The van der Waals surface area contributed by atoms with Crippen molar-refractivity contribution in [3.05, 3.63) is 22.3 Å². The van der Waals surface area contributed by atoms with Crippen molar-refractivity contribution in [3.63, 3.8) is 0 Å². The normalized spacial score (nSPS) is 19.9. The van der Waals surface area contributed by atoms with Crippen molar-refractivity contribution < 1.29 is 0 Å². The zero-order valence-electron chi connectivity index (χ0n) is 10.3. The summed E-state index contributed by atoms with van der Waals surface area (Å²) < 4.78 is 1.15. The topological polar surface area (TPSA) is 16.1 Å². The first-order valence-electron chi connectivity index (χ1n) is 5.86. The van der Waals surface area contributed by atoms with Crippen molar-refractivity contribution in [1.82, 2.24) is 4.98 Å². The number of aryl methyl sites for hydroxylation is 1. The molecule has 0 atom stereocenters. The lowest BCUT2D eigenvalue weighted by Crippen LogP contribution is -2.40. The highest BCUT2D eigenvalue weighted by atomic mass is 79.9. The first kappa shape index (κ1) is 11.9. The van der Waals surface area contributed by atoms with Gasteiger partial charge in [-0.2, -0.15) is 0 Å². The quantitative estimate of drug-likeness (QED) is 0.779. The molecule has 2 heterocycles. The number of rotatable bonds is 1. The summed E-state index contributed by atoms with van der Waals surface area (Å²) in [6.45, 7) is 9.01. The molecule has 0 N–H and O–H groups in total. The number of halogens is 1. The van der Waals surface area contributed by atoms with Gasteiger partial charge in [-0.1, -0.05) is 13.8 Å². The Balaban J connectivity index is 2.27. The zero-order valence-corrected chi connectivity index (χ0v) is 11.8. The van der Waals surface area contributed by atoms with Gasteiger partial charge in [0.1, 0.15) is 5.82 Å². The maximum atomic E-state index is 4.51. The Morgan fingerprint density at radius 3 is 2.88 bits per heavy atom. The largest absolute Gasteiger partial charge is 0.355 e. The second-order valence-corrected chi connectivity index (χ2v) is 6.25. The summed E-state index contributed by atoms with van der Waals surface area (Å²) in [5.74, 6) is 1.10. The van der Waals surface area contributed by atoms with Crippen molar-refractivity contribution >= 4 is 21.7 Å². The Morgan fingerprint density at radius 2 is 2.19 bits per heavy atom. The molecule has 0 aromatic carbocycles. The van der Waals surface area contributed by atoms with Gasteiger partial charge in [0.25, 0.3) is 0 Å². The molecule has 0 radical (unpaired) electrons.